The van der Waals surface area contributed by atoms with E-state index in [0.717, 1.165) is 22.3 Å². The molecular formula is C40H38O4. The first-order chi connectivity index (χ1) is 21.4. The summed E-state index contributed by atoms with van der Waals surface area (Å²) in [6.07, 6.45) is 3.44. The molecule has 0 aliphatic heterocycles. The SMILES string of the molecule is CCC(=O)OC1CCC(OC=O)c2ccc(-c3ccc4cc5cc(-c6ccc7c(c6)C(C)CCC7C)ccc5cc4c3)cc21. The van der Waals surface area contributed by atoms with E-state index in [0.29, 0.717) is 37.6 Å². The van der Waals surface area contributed by atoms with Crippen LogP contribution in [0.3, 0.4) is 0 Å². The molecule has 222 valence electrons. The molecule has 0 N–H and O–H groups in total. The lowest BCUT2D eigenvalue weighted by Gasteiger charge is -2.30. The molecule has 2 aliphatic carbocycles. The topological polar surface area (TPSA) is 52.6 Å². The zero-order valence-electron chi connectivity index (χ0n) is 25.6. The van der Waals surface area contributed by atoms with Crippen LogP contribution < -0.4 is 0 Å². The van der Waals surface area contributed by atoms with E-state index < -0.39 is 0 Å². The summed E-state index contributed by atoms with van der Waals surface area (Å²) < 4.78 is 11.2. The van der Waals surface area contributed by atoms with Crippen LogP contribution >= 0.6 is 0 Å². The van der Waals surface area contributed by atoms with E-state index in [4.69, 9.17) is 9.47 Å². The molecule has 7 rings (SSSR count). The van der Waals surface area contributed by atoms with Crippen LogP contribution in [-0.2, 0) is 19.1 Å². The third-order valence-electron chi connectivity index (χ3n) is 9.90. The molecule has 0 bridgehead atoms. The van der Waals surface area contributed by atoms with Gasteiger partial charge in [-0.25, -0.2) is 0 Å². The molecule has 4 heteroatoms. The average molecular weight is 583 g/mol. The van der Waals surface area contributed by atoms with Gasteiger partial charge in [-0.1, -0.05) is 75.4 Å². The second-order valence-corrected chi connectivity index (χ2v) is 12.7. The maximum atomic E-state index is 12.2. The van der Waals surface area contributed by atoms with E-state index in [-0.39, 0.29) is 18.2 Å². The summed E-state index contributed by atoms with van der Waals surface area (Å²) in [5.74, 6) is 1.02. The van der Waals surface area contributed by atoms with Gasteiger partial charge in [0.1, 0.15) is 12.2 Å². The third-order valence-corrected chi connectivity index (χ3v) is 9.90. The Kier molecular flexibility index (Phi) is 7.45. The largest absolute Gasteiger partial charge is 0.460 e. The van der Waals surface area contributed by atoms with Gasteiger partial charge in [-0.15, -0.1) is 0 Å². The molecule has 5 aromatic carbocycles. The van der Waals surface area contributed by atoms with Crippen molar-refractivity contribution in [3.05, 3.63) is 107 Å². The molecule has 2 aliphatic rings. The molecule has 0 fully saturated rings. The van der Waals surface area contributed by atoms with Crippen molar-refractivity contribution < 1.29 is 19.1 Å². The van der Waals surface area contributed by atoms with Gasteiger partial charge < -0.3 is 9.47 Å². The quantitative estimate of drug-likeness (QED) is 0.114. The van der Waals surface area contributed by atoms with E-state index in [1.807, 2.05) is 6.07 Å². The maximum Gasteiger partial charge on any atom is 0.306 e. The van der Waals surface area contributed by atoms with Gasteiger partial charge in [0, 0.05) is 6.42 Å². The van der Waals surface area contributed by atoms with Crippen LogP contribution in [0.15, 0.2) is 84.9 Å². The van der Waals surface area contributed by atoms with Gasteiger partial charge in [-0.05, 0) is 134 Å². The second-order valence-electron chi connectivity index (χ2n) is 12.7. The minimum Gasteiger partial charge on any atom is -0.460 e. The predicted molar refractivity (Wildman–Crippen MR) is 177 cm³/mol. The smallest absolute Gasteiger partial charge is 0.306 e. The monoisotopic (exact) mass is 582 g/mol. The highest BCUT2D eigenvalue weighted by molar-refractivity contribution is 6.01. The van der Waals surface area contributed by atoms with Crippen LogP contribution in [0.25, 0.3) is 43.8 Å². The van der Waals surface area contributed by atoms with Crippen LogP contribution in [0.1, 0.15) is 99.2 Å². The number of rotatable bonds is 6. The molecule has 0 heterocycles. The molecule has 0 spiro atoms. The number of hydrogen-bond acceptors (Lipinski definition) is 4. The lowest BCUT2D eigenvalue weighted by Crippen LogP contribution is -2.20. The molecule has 44 heavy (non-hydrogen) atoms. The lowest BCUT2D eigenvalue weighted by atomic mass is 9.77. The standard InChI is InChI=1S/C40H38O4/c1-4-40(42)44-39-16-15-38(43-23-41)35-14-12-31(22-37(35)39)27-8-10-29-19-32-17-26(7-9-28(32)20-33(29)18-27)30-11-13-34-24(2)5-6-25(3)36(34)21-30/h7-14,17-25,38-39H,4-6,15-16H2,1-3H3. The minimum atomic E-state index is -0.343. The first kappa shape index (κ1) is 28.3. The summed E-state index contributed by atoms with van der Waals surface area (Å²) in [7, 11) is 0. The van der Waals surface area contributed by atoms with E-state index in [2.05, 4.69) is 92.7 Å². The molecule has 4 nitrogen and oxygen atoms in total. The number of esters is 1. The summed E-state index contributed by atoms with van der Waals surface area (Å²) in [5.41, 5.74) is 9.53. The molecule has 4 unspecified atom stereocenters. The van der Waals surface area contributed by atoms with E-state index in [1.165, 1.54) is 56.6 Å². The molecule has 0 amide bonds. The van der Waals surface area contributed by atoms with Crippen LogP contribution in [-0.4, -0.2) is 12.4 Å². The second kappa shape index (κ2) is 11.6. The summed E-state index contributed by atoms with van der Waals surface area (Å²) in [5, 5.41) is 4.81. The number of benzene rings is 5. The van der Waals surface area contributed by atoms with Crippen molar-refractivity contribution in [2.24, 2.45) is 0 Å². The van der Waals surface area contributed by atoms with Crippen molar-refractivity contribution in [1.29, 1.82) is 0 Å². The first-order valence-corrected chi connectivity index (χ1v) is 16.0. The lowest BCUT2D eigenvalue weighted by molar-refractivity contribution is -0.151. The number of ether oxygens (including phenoxy) is 2. The Morgan fingerprint density at radius 3 is 1.75 bits per heavy atom. The number of carbonyl (C=O) groups is 2. The Balaban J connectivity index is 1.23. The Labute approximate surface area is 259 Å². The molecule has 0 saturated carbocycles. The van der Waals surface area contributed by atoms with Gasteiger partial charge in [0.25, 0.3) is 6.47 Å². The molecule has 4 atom stereocenters. The van der Waals surface area contributed by atoms with Crippen molar-refractivity contribution >= 4 is 34.0 Å². The van der Waals surface area contributed by atoms with Gasteiger partial charge in [-0.3, -0.25) is 9.59 Å². The van der Waals surface area contributed by atoms with Gasteiger partial charge in [-0.2, -0.15) is 0 Å². The van der Waals surface area contributed by atoms with Gasteiger partial charge in [0.05, 0.1) is 0 Å². The van der Waals surface area contributed by atoms with Crippen LogP contribution in [0.4, 0.5) is 0 Å². The summed E-state index contributed by atoms with van der Waals surface area (Å²) in [4.78, 5) is 23.3. The summed E-state index contributed by atoms with van der Waals surface area (Å²) in [6, 6.07) is 31.2. The van der Waals surface area contributed by atoms with Crippen molar-refractivity contribution in [3.63, 3.8) is 0 Å². The maximum absolute atomic E-state index is 12.2. The Hall–Kier alpha value is -4.44. The fraction of sp³-hybridized carbons (Fsp3) is 0.300. The highest BCUT2D eigenvalue weighted by Crippen LogP contribution is 2.43. The van der Waals surface area contributed by atoms with Crippen LogP contribution in [0, 0.1) is 0 Å². The predicted octanol–water partition coefficient (Wildman–Crippen LogP) is 10.3. The van der Waals surface area contributed by atoms with Gasteiger partial charge in [0.15, 0.2) is 0 Å². The normalized spacial score (nSPS) is 21.0. The fourth-order valence-electron chi connectivity index (χ4n) is 7.31. The number of carbonyl (C=O) groups excluding carboxylic acids is 2. The molecule has 0 radical (unpaired) electrons. The minimum absolute atomic E-state index is 0.224. The fourth-order valence-corrected chi connectivity index (χ4v) is 7.31. The van der Waals surface area contributed by atoms with Crippen molar-refractivity contribution in [1.82, 2.24) is 0 Å². The summed E-state index contributed by atoms with van der Waals surface area (Å²) in [6.45, 7) is 7.02. The first-order valence-electron chi connectivity index (χ1n) is 16.0. The third kappa shape index (κ3) is 5.17. The zero-order valence-corrected chi connectivity index (χ0v) is 25.6. The average Bonchev–Trinajstić information content (AvgIpc) is 3.05. The van der Waals surface area contributed by atoms with E-state index in [1.54, 1.807) is 6.92 Å². The van der Waals surface area contributed by atoms with E-state index in [9.17, 15) is 9.59 Å². The van der Waals surface area contributed by atoms with Crippen LogP contribution in [0.2, 0.25) is 0 Å². The van der Waals surface area contributed by atoms with Crippen molar-refractivity contribution in [2.75, 3.05) is 0 Å². The Morgan fingerprint density at radius 2 is 1.14 bits per heavy atom. The number of hydrogen-bond donors (Lipinski definition) is 0. The van der Waals surface area contributed by atoms with E-state index >= 15 is 0 Å². The number of fused-ring (bicyclic) bond motifs is 4. The highest BCUT2D eigenvalue weighted by Gasteiger charge is 2.31. The summed E-state index contributed by atoms with van der Waals surface area (Å²) >= 11 is 0. The van der Waals surface area contributed by atoms with Crippen LogP contribution in [0.5, 0.6) is 0 Å². The molecule has 0 aromatic heterocycles. The molecule has 0 saturated heterocycles. The highest BCUT2D eigenvalue weighted by atomic mass is 16.5. The van der Waals surface area contributed by atoms with Gasteiger partial charge >= 0.3 is 5.97 Å². The van der Waals surface area contributed by atoms with Crippen molar-refractivity contribution in [3.8, 4) is 22.3 Å². The zero-order chi connectivity index (χ0) is 30.4. The Morgan fingerprint density at radius 1 is 0.614 bits per heavy atom. The molecule has 5 aromatic rings. The Bertz CT molecular complexity index is 1900. The van der Waals surface area contributed by atoms with Crippen molar-refractivity contribution in [2.45, 2.75) is 76.9 Å². The molecular weight excluding hydrogens is 544 g/mol. The van der Waals surface area contributed by atoms with Gasteiger partial charge in [0.2, 0.25) is 0 Å².